The number of quaternary nitrogens is 2. The van der Waals surface area contributed by atoms with E-state index in [1.165, 1.54) is 11.1 Å². The fourth-order valence-electron chi connectivity index (χ4n) is 10.2. The molecule has 5 aliphatic rings. The summed E-state index contributed by atoms with van der Waals surface area (Å²) in [6.07, 6.45) is 9.63. The topological polar surface area (TPSA) is 105 Å². The third kappa shape index (κ3) is 7.38. The predicted octanol–water partition coefficient (Wildman–Crippen LogP) is 6.41. The Morgan fingerprint density at radius 2 is 0.865 bits per heavy atom. The number of esters is 4. The molecule has 0 spiro atoms. The zero-order chi connectivity index (χ0) is 36.6. The standard InChI is InChI=1S/C42H56N2O8/c1-5-39(45)49-33-15-7-27(8-16-33)25-43(3)29-11-12-30(43)22-35(21-29)51-41(47)37-19-20-38(37)42(48)52-36-23-31-13-14-32(24-36)44(31,4)26-28-9-17-34(18-10-28)50-40(46)6-2/h7-10,15-18,29-32,35-38H,5-6,11-14,19-26H2,1-4H3/q+2. The molecule has 0 N–H and O–H groups in total. The zero-order valence-electron chi connectivity index (χ0n) is 31.3. The molecule has 6 atom stereocenters. The van der Waals surface area contributed by atoms with E-state index in [4.69, 9.17) is 18.9 Å². The quantitative estimate of drug-likeness (QED) is 0.141. The van der Waals surface area contributed by atoms with Gasteiger partial charge in [0, 0.05) is 75.3 Å². The Bertz CT molecular complexity index is 1490. The minimum absolute atomic E-state index is 0.115. The molecule has 4 heterocycles. The van der Waals surface area contributed by atoms with E-state index in [0.717, 1.165) is 73.4 Å². The van der Waals surface area contributed by atoms with Crippen molar-refractivity contribution in [3.63, 3.8) is 0 Å². The minimum Gasteiger partial charge on any atom is -0.462 e. The van der Waals surface area contributed by atoms with E-state index in [2.05, 4.69) is 38.4 Å². The summed E-state index contributed by atoms with van der Waals surface area (Å²) in [6, 6.07) is 17.3. The Morgan fingerprint density at radius 3 is 1.15 bits per heavy atom. The van der Waals surface area contributed by atoms with E-state index in [1.54, 1.807) is 13.8 Å². The molecule has 52 heavy (non-hydrogen) atoms. The van der Waals surface area contributed by atoms with Gasteiger partial charge in [0.05, 0.1) is 50.1 Å². The van der Waals surface area contributed by atoms with Gasteiger partial charge in [0.15, 0.2) is 0 Å². The molecule has 7 rings (SSSR count). The number of carbonyl (C=O) groups is 4. The second kappa shape index (κ2) is 14.9. The van der Waals surface area contributed by atoms with Crippen molar-refractivity contribution in [1.82, 2.24) is 0 Å². The number of rotatable bonds is 12. The van der Waals surface area contributed by atoms with Gasteiger partial charge in [-0.1, -0.05) is 13.8 Å². The van der Waals surface area contributed by atoms with Crippen molar-refractivity contribution in [2.24, 2.45) is 11.8 Å². The number of nitrogens with zero attached hydrogens (tertiary/aromatic N) is 2. The van der Waals surface area contributed by atoms with Gasteiger partial charge in [0.2, 0.25) is 0 Å². The fraction of sp³-hybridized carbons (Fsp3) is 0.619. The number of hydrogen-bond donors (Lipinski definition) is 0. The lowest BCUT2D eigenvalue weighted by Crippen LogP contribution is -2.58. The van der Waals surface area contributed by atoms with Crippen molar-refractivity contribution in [2.45, 2.75) is 140 Å². The second-order valence-electron chi connectivity index (χ2n) is 16.6. The Labute approximate surface area is 307 Å². The van der Waals surface area contributed by atoms with Crippen LogP contribution in [0.4, 0.5) is 0 Å². The molecule has 1 saturated carbocycles. The predicted molar refractivity (Wildman–Crippen MR) is 193 cm³/mol. The van der Waals surface area contributed by atoms with Crippen LogP contribution in [0.1, 0.15) is 102 Å². The van der Waals surface area contributed by atoms with E-state index < -0.39 is 11.8 Å². The van der Waals surface area contributed by atoms with Crippen molar-refractivity contribution in [2.75, 3.05) is 14.1 Å². The Hall–Kier alpha value is -3.76. The Morgan fingerprint density at radius 1 is 0.538 bits per heavy atom. The maximum Gasteiger partial charge on any atom is 0.310 e. The lowest BCUT2D eigenvalue weighted by Gasteiger charge is -2.47. The maximum atomic E-state index is 13.5. The molecule has 5 fully saturated rings. The van der Waals surface area contributed by atoms with E-state index >= 15 is 0 Å². The normalized spacial score (nSPS) is 34.5. The van der Waals surface area contributed by atoms with Gasteiger partial charge in [0.25, 0.3) is 0 Å². The zero-order valence-corrected chi connectivity index (χ0v) is 31.3. The summed E-state index contributed by atoms with van der Waals surface area (Å²) in [4.78, 5) is 50.3. The number of fused-ring (bicyclic) bond motifs is 4. The first kappa shape index (κ1) is 36.6. The van der Waals surface area contributed by atoms with E-state index in [9.17, 15) is 19.2 Å². The van der Waals surface area contributed by atoms with E-state index in [0.29, 0.717) is 61.3 Å². The van der Waals surface area contributed by atoms with E-state index in [-0.39, 0.29) is 36.1 Å². The number of benzene rings is 2. The van der Waals surface area contributed by atoms with Gasteiger partial charge in [-0.2, -0.15) is 0 Å². The van der Waals surface area contributed by atoms with Gasteiger partial charge < -0.3 is 27.9 Å². The molecule has 4 bridgehead atoms. The summed E-state index contributed by atoms with van der Waals surface area (Å²) in [5.41, 5.74) is 2.42. The lowest BCUT2D eigenvalue weighted by atomic mass is 9.73. The van der Waals surface area contributed by atoms with Gasteiger partial charge in [-0.15, -0.1) is 0 Å². The van der Waals surface area contributed by atoms with Crippen LogP contribution in [0.5, 0.6) is 11.5 Å². The largest absolute Gasteiger partial charge is 0.462 e. The van der Waals surface area contributed by atoms with Crippen LogP contribution in [-0.2, 0) is 41.7 Å². The van der Waals surface area contributed by atoms with Gasteiger partial charge in [0.1, 0.15) is 36.8 Å². The second-order valence-corrected chi connectivity index (χ2v) is 16.6. The highest BCUT2D eigenvalue weighted by molar-refractivity contribution is 5.84. The molecule has 280 valence electrons. The van der Waals surface area contributed by atoms with Crippen LogP contribution >= 0.6 is 0 Å². The molecule has 0 aromatic heterocycles. The minimum atomic E-state index is -0.408. The molecule has 4 saturated heterocycles. The molecule has 2 aromatic rings. The molecular formula is C42H56N2O8+2. The SMILES string of the molecule is CCC(=O)Oc1ccc(C[N+]2(C)C3CCC2CC(OC(=O)C2CCC2C(=O)OC2CC4CCC(C2)[N+]4(C)Cc2ccc(OC(=O)CC)cc2)C3)cc1. The van der Waals surface area contributed by atoms with Gasteiger partial charge in [-0.05, 0) is 61.4 Å². The molecule has 0 radical (unpaired) electrons. The number of piperidine rings is 2. The number of ether oxygens (including phenoxy) is 4. The summed E-state index contributed by atoms with van der Waals surface area (Å²) < 4.78 is 24.9. The Balaban J connectivity index is 0.883. The van der Waals surface area contributed by atoms with Crippen molar-refractivity contribution in [3.05, 3.63) is 59.7 Å². The third-order valence-corrected chi connectivity index (χ3v) is 13.5. The van der Waals surface area contributed by atoms with Gasteiger partial charge in [-0.25, -0.2) is 0 Å². The smallest absolute Gasteiger partial charge is 0.310 e. The van der Waals surface area contributed by atoms with E-state index in [1.807, 2.05) is 24.3 Å². The maximum absolute atomic E-state index is 13.5. The molecule has 10 heteroatoms. The van der Waals surface area contributed by atoms with Crippen LogP contribution in [0, 0.1) is 11.8 Å². The van der Waals surface area contributed by atoms with Crippen LogP contribution in [0.3, 0.4) is 0 Å². The monoisotopic (exact) mass is 716 g/mol. The van der Waals surface area contributed by atoms with Crippen molar-refractivity contribution in [3.8, 4) is 11.5 Å². The van der Waals surface area contributed by atoms with Crippen LogP contribution in [-0.4, -0.2) is 83.3 Å². The lowest BCUT2D eigenvalue weighted by molar-refractivity contribution is -0.961. The van der Waals surface area contributed by atoms with Crippen molar-refractivity contribution < 1.29 is 47.1 Å². The average Bonchev–Trinajstić information content (AvgIpc) is 3.33. The molecule has 0 amide bonds. The number of carbonyl (C=O) groups excluding carboxylic acids is 4. The molecule has 4 aliphatic heterocycles. The summed E-state index contributed by atoms with van der Waals surface area (Å²) in [6.45, 7) is 5.35. The van der Waals surface area contributed by atoms with Crippen LogP contribution in [0.25, 0.3) is 0 Å². The molecule has 1 aliphatic carbocycles. The summed E-state index contributed by atoms with van der Waals surface area (Å²) in [5, 5.41) is 0. The fourth-order valence-corrected chi connectivity index (χ4v) is 10.2. The van der Waals surface area contributed by atoms with Gasteiger partial charge >= 0.3 is 23.9 Å². The first-order valence-electron chi connectivity index (χ1n) is 19.7. The average molecular weight is 717 g/mol. The molecular weight excluding hydrogens is 660 g/mol. The third-order valence-electron chi connectivity index (χ3n) is 13.5. The molecule has 10 nitrogen and oxygen atoms in total. The summed E-state index contributed by atoms with van der Waals surface area (Å²) >= 11 is 0. The highest BCUT2D eigenvalue weighted by atomic mass is 16.6. The first-order valence-corrected chi connectivity index (χ1v) is 19.7. The highest BCUT2D eigenvalue weighted by Gasteiger charge is 2.55. The van der Waals surface area contributed by atoms with Crippen molar-refractivity contribution >= 4 is 23.9 Å². The van der Waals surface area contributed by atoms with Gasteiger partial charge in [-0.3, -0.25) is 19.2 Å². The van der Waals surface area contributed by atoms with Crippen LogP contribution in [0.15, 0.2) is 48.5 Å². The van der Waals surface area contributed by atoms with Crippen molar-refractivity contribution in [1.29, 1.82) is 0 Å². The highest BCUT2D eigenvalue weighted by Crippen LogP contribution is 2.46. The summed E-state index contributed by atoms with van der Waals surface area (Å²) in [5.74, 6) is -0.593. The number of hydrogen-bond acceptors (Lipinski definition) is 8. The molecule has 6 unspecified atom stereocenters. The Kier molecular flexibility index (Phi) is 10.5. The van der Waals surface area contributed by atoms with Crippen LogP contribution in [0.2, 0.25) is 0 Å². The summed E-state index contributed by atoms with van der Waals surface area (Å²) in [7, 11) is 4.65. The van der Waals surface area contributed by atoms with Crippen LogP contribution < -0.4 is 9.47 Å². The molecule has 2 aromatic carbocycles. The first-order chi connectivity index (χ1) is 25.0.